The van der Waals surface area contributed by atoms with Crippen molar-refractivity contribution in [2.24, 2.45) is 0 Å². The molecule has 0 atom stereocenters. The zero-order valence-electron chi connectivity index (χ0n) is 16.1. The summed E-state index contributed by atoms with van der Waals surface area (Å²) in [6.07, 6.45) is 0.375. The van der Waals surface area contributed by atoms with Crippen LogP contribution in [0.2, 0.25) is 0 Å². The maximum absolute atomic E-state index is 12.5. The highest BCUT2D eigenvalue weighted by Gasteiger charge is 2.20. The molecule has 1 heterocycles. The topological polar surface area (TPSA) is 52.7 Å². The number of piperazine rings is 1. The maximum atomic E-state index is 12.5. The Bertz CT molecular complexity index is 776. The van der Waals surface area contributed by atoms with Crippen molar-refractivity contribution in [3.8, 4) is 0 Å². The molecule has 0 saturated carbocycles. The van der Waals surface area contributed by atoms with Crippen molar-refractivity contribution in [1.29, 1.82) is 0 Å². The van der Waals surface area contributed by atoms with Crippen molar-refractivity contribution in [3.63, 3.8) is 0 Å². The summed E-state index contributed by atoms with van der Waals surface area (Å²) >= 11 is 0. The average molecular weight is 365 g/mol. The van der Waals surface area contributed by atoms with E-state index in [1.54, 1.807) is 0 Å². The summed E-state index contributed by atoms with van der Waals surface area (Å²) in [5, 5.41) is 2.94. The van der Waals surface area contributed by atoms with E-state index in [1.165, 1.54) is 5.56 Å². The van der Waals surface area contributed by atoms with Crippen molar-refractivity contribution in [3.05, 3.63) is 70.8 Å². The van der Waals surface area contributed by atoms with Crippen LogP contribution in [0, 0.1) is 6.92 Å². The maximum Gasteiger partial charge on any atom is 0.253 e. The molecule has 1 aliphatic rings. The highest BCUT2D eigenvalue weighted by molar-refractivity contribution is 5.94. The number of carbonyl (C=O) groups is 2. The monoisotopic (exact) mass is 365 g/mol. The van der Waals surface area contributed by atoms with Crippen LogP contribution >= 0.6 is 0 Å². The summed E-state index contributed by atoms with van der Waals surface area (Å²) in [6, 6.07) is 15.5. The molecule has 0 radical (unpaired) electrons. The molecule has 1 saturated heterocycles. The third-order valence-corrected chi connectivity index (χ3v) is 4.97. The van der Waals surface area contributed by atoms with Crippen LogP contribution in [0.3, 0.4) is 0 Å². The smallest absolute Gasteiger partial charge is 0.253 e. The Hall–Kier alpha value is -2.66. The highest BCUT2D eigenvalue weighted by atomic mass is 16.2. The fourth-order valence-electron chi connectivity index (χ4n) is 3.11. The normalized spacial score (nSPS) is 14.8. The van der Waals surface area contributed by atoms with Crippen LogP contribution in [0.1, 0.15) is 27.0 Å². The van der Waals surface area contributed by atoms with E-state index in [-0.39, 0.29) is 11.8 Å². The van der Waals surface area contributed by atoms with Crippen LogP contribution in [-0.4, -0.2) is 54.8 Å². The first-order valence-electron chi connectivity index (χ1n) is 9.40. The lowest BCUT2D eigenvalue weighted by atomic mass is 10.1. The number of benzene rings is 2. The molecule has 2 amide bonds. The minimum atomic E-state index is -0.00329. The molecule has 1 fully saturated rings. The predicted octanol–water partition coefficient (Wildman–Crippen LogP) is 2.24. The van der Waals surface area contributed by atoms with Crippen LogP contribution in [-0.2, 0) is 17.8 Å². The number of rotatable bonds is 5. The second-order valence-corrected chi connectivity index (χ2v) is 7.23. The summed E-state index contributed by atoms with van der Waals surface area (Å²) in [4.78, 5) is 28.8. The van der Waals surface area contributed by atoms with Crippen molar-refractivity contribution >= 4 is 11.8 Å². The Morgan fingerprint density at radius 2 is 1.48 bits per heavy atom. The molecular weight excluding hydrogens is 338 g/mol. The van der Waals surface area contributed by atoms with Gasteiger partial charge in [-0.25, -0.2) is 0 Å². The van der Waals surface area contributed by atoms with Crippen LogP contribution in [0.15, 0.2) is 48.5 Å². The number of aryl methyl sites for hydroxylation is 1. The molecule has 27 heavy (non-hydrogen) atoms. The number of nitrogens with one attached hydrogen (secondary N) is 1. The first kappa shape index (κ1) is 19.1. The zero-order valence-corrected chi connectivity index (χ0v) is 16.1. The van der Waals surface area contributed by atoms with E-state index in [0.29, 0.717) is 18.5 Å². The third-order valence-electron chi connectivity index (χ3n) is 4.97. The number of hydrogen-bond donors (Lipinski definition) is 1. The van der Waals surface area contributed by atoms with Crippen LogP contribution < -0.4 is 5.32 Å². The van der Waals surface area contributed by atoms with E-state index >= 15 is 0 Å². The van der Waals surface area contributed by atoms with Gasteiger partial charge in [-0.2, -0.15) is 0 Å². The minimum Gasteiger partial charge on any atom is -0.352 e. The van der Waals surface area contributed by atoms with E-state index in [1.807, 2.05) is 60.4 Å². The summed E-state index contributed by atoms with van der Waals surface area (Å²) in [6.45, 7) is 5.86. The molecule has 0 unspecified atom stereocenters. The van der Waals surface area contributed by atoms with Gasteiger partial charge < -0.3 is 15.1 Å². The molecule has 1 aliphatic heterocycles. The Balaban J connectivity index is 1.49. The molecule has 0 bridgehead atoms. The second-order valence-electron chi connectivity index (χ2n) is 7.23. The summed E-state index contributed by atoms with van der Waals surface area (Å²) in [5.74, 6) is 0.0782. The van der Waals surface area contributed by atoms with Crippen LogP contribution in [0.4, 0.5) is 0 Å². The average Bonchev–Trinajstić information content (AvgIpc) is 2.69. The van der Waals surface area contributed by atoms with Crippen LogP contribution in [0.25, 0.3) is 0 Å². The lowest BCUT2D eigenvalue weighted by Gasteiger charge is -2.32. The Morgan fingerprint density at radius 3 is 2.11 bits per heavy atom. The first-order valence-corrected chi connectivity index (χ1v) is 9.40. The molecule has 3 rings (SSSR count). The van der Waals surface area contributed by atoms with Gasteiger partial charge in [0.1, 0.15) is 0 Å². The van der Waals surface area contributed by atoms with Gasteiger partial charge in [0.15, 0.2) is 0 Å². The van der Waals surface area contributed by atoms with Gasteiger partial charge in [-0.3, -0.25) is 9.59 Å². The molecule has 0 aromatic heterocycles. The Morgan fingerprint density at radius 1 is 0.889 bits per heavy atom. The van der Waals surface area contributed by atoms with Gasteiger partial charge >= 0.3 is 0 Å². The predicted molar refractivity (Wildman–Crippen MR) is 107 cm³/mol. The van der Waals surface area contributed by atoms with E-state index in [9.17, 15) is 9.59 Å². The van der Waals surface area contributed by atoms with E-state index in [4.69, 9.17) is 0 Å². The lowest BCUT2D eigenvalue weighted by Crippen LogP contribution is -2.47. The van der Waals surface area contributed by atoms with Gasteiger partial charge in [0.25, 0.3) is 5.91 Å². The summed E-state index contributed by atoms with van der Waals surface area (Å²) in [7, 11) is 2.07. The number of amides is 2. The van der Waals surface area contributed by atoms with Gasteiger partial charge in [-0.05, 0) is 37.2 Å². The summed E-state index contributed by atoms with van der Waals surface area (Å²) < 4.78 is 0. The van der Waals surface area contributed by atoms with E-state index in [0.717, 1.165) is 37.3 Å². The van der Waals surface area contributed by atoms with Crippen molar-refractivity contribution < 1.29 is 9.59 Å². The van der Waals surface area contributed by atoms with Crippen LogP contribution in [0.5, 0.6) is 0 Å². The molecule has 0 aliphatic carbocycles. The summed E-state index contributed by atoms with van der Waals surface area (Å²) in [5.41, 5.74) is 3.88. The Labute approximate surface area is 161 Å². The largest absolute Gasteiger partial charge is 0.352 e. The van der Waals surface area contributed by atoms with E-state index < -0.39 is 0 Å². The SMILES string of the molecule is Cc1ccc(CC(=O)NCc2ccc(C(=O)N3CCN(C)CC3)cc2)cc1. The number of hydrogen-bond acceptors (Lipinski definition) is 3. The van der Waals surface area contributed by atoms with Gasteiger partial charge in [-0.1, -0.05) is 42.0 Å². The molecule has 2 aromatic carbocycles. The van der Waals surface area contributed by atoms with Gasteiger partial charge in [0.2, 0.25) is 5.91 Å². The second kappa shape index (κ2) is 8.82. The number of carbonyl (C=O) groups excluding carboxylic acids is 2. The highest BCUT2D eigenvalue weighted by Crippen LogP contribution is 2.10. The minimum absolute atomic E-state index is 0.00329. The molecule has 5 heteroatoms. The molecule has 2 aromatic rings. The quantitative estimate of drug-likeness (QED) is 0.884. The molecule has 142 valence electrons. The van der Waals surface area contributed by atoms with Crippen molar-refractivity contribution in [2.75, 3.05) is 33.2 Å². The lowest BCUT2D eigenvalue weighted by molar-refractivity contribution is -0.120. The fourth-order valence-corrected chi connectivity index (χ4v) is 3.11. The van der Waals surface area contributed by atoms with Crippen molar-refractivity contribution in [2.45, 2.75) is 19.9 Å². The van der Waals surface area contributed by atoms with Gasteiger partial charge in [0.05, 0.1) is 6.42 Å². The fraction of sp³-hybridized carbons (Fsp3) is 0.364. The zero-order chi connectivity index (χ0) is 19.2. The Kier molecular flexibility index (Phi) is 6.24. The standard InChI is InChI=1S/C22H27N3O2/c1-17-3-5-18(6-4-17)15-21(26)23-16-19-7-9-20(10-8-19)22(27)25-13-11-24(2)12-14-25/h3-10H,11-16H2,1-2H3,(H,23,26). The van der Waals surface area contributed by atoms with Gasteiger partial charge in [-0.15, -0.1) is 0 Å². The number of likely N-dealkylation sites (N-methyl/N-ethyl adjacent to an activating group) is 1. The molecule has 5 nitrogen and oxygen atoms in total. The molecule has 0 spiro atoms. The number of nitrogens with zero attached hydrogens (tertiary/aromatic N) is 2. The molecule has 1 N–H and O–H groups in total. The van der Waals surface area contributed by atoms with Crippen molar-refractivity contribution in [1.82, 2.24) is 15.1 Å². The van der Waals surface area contributed by atoms with E-state index in [2.05, 4.69) is 17.3 Å². The third kappa shape index (κ3) is 5.41. The first-order chi connectivity index (χ1) is 13.0. The molecular formula is C22H27N3O2. The van der Waals surface area contributed by atoms with Gasteiger partial charge in [0, 0.05) is 38.3 Å².